The average Bonchev–Trinajstić information content (AvgIpc) is 2.75. The molecule has 2 heterocycles. The Labute approximate surface area is 110 Å². The van der Waals surface area contributed by atoms with Gasteiger partial charge < -0.3 is 4.98 Å². The molecule has 0 spiro atoms. The third kappa shape index (κ3) is 2.98. The van der Waals surface area contributed by atoms with E-state index in [2.05, 4.69) is 9.97 Å². The van der Waals surface area contributed by atoms with Crippen LogP contribution in [0.3, 0.4) is 0 Å². The normalized spacial score (nSPS) is 12.7. The second-order valence-electron chi connectivity index (χ2n) is 3.51. The van der Waals surface area contributed by atoms with E-state index in [1.165, 1.54) is 4.98 Å². The zero-order chi connectivity index (χ0) is 15.1. The summed E-state index contributed by atoms with van der Waals surface area (Å²) in [5.41, 5.74) is -3.22. The molecule has 108 valence electrons. The maximum atomic E-state index is 12.5. The van der Waals surface area contributed by atoms with Gasteiger partial charge in [-0.3, -0.25) is 0 Å². The molecule has 0 aliphatic rings. The summed E-state index contributed by atoms with van der Waals surface area (Å²) in [5.74, 6) is 0. The summed E-state index contributed by atoms with van der Waals surface area (Å²) in [6.07, 6.45) is -8.83. The lowest BCUT2D eigenvalue weighted by Gasteiger charge is -2.06. The number of alkyl halides is 6. The second kappa shape index (κ2) is 4.58. The highest BCUT2D eigenvalue weighted by atomic mass is 32.1. The fourth-order valence-corrected chi connectivity index (χ4v) is 2.00. The highest BCUT2D eigenvalue weighted by molar-refractivity contribution is 7.15. The Kier molecular flexibility index (Phi) is 3.32. The van der Waals surface area contributed by atoms with Gasteiger partial charge in [0.1, 0.15) is 5.69 Å². The number of rotatable bonds is 1. The molecule has 0 amide bonds. The number of halogens is 6. The molecule has 0 fully saturated rings. The predicted molar refractivity (Wildman–Crippen MR) is 56.0 cm³/mol. The van der Waals surface area contributed by atoms with Gasteiger partial charge in [0.2, 0.25) is 0 Å². The molecule has 2 aromatic rings. The molecular formula is C9H3F6N3OS. The maximum absolute atomic E-state index is 12.5. The number of hydrogen-bond acceptors (Lipinski definition) is 4. The molecule has 11 heteroatoms. The highest BCUT2D eigenvalue weighted by Gasteiger charge is 2.36. The minimum absolute atomic E-state index is 0.102. The van der Waals surface area contributed by atoms with Gasteiger partial charge >= 0.3 is 18.0 Å². The maximum Gasteiger partial charge on any atom is 0.443 e. The largest absolute Gasteiger partial charge is 0.443 e. The van der Waals surface area contributed by atoms with Gasteiger partial charge in [-0.2, -0.15) is 31.3 Å². The van der Waals surface area contributed by atoms with E-state index >= 15 is 0 Å². The lowest BCUT2D eigenvalue weighted by molar-refractivity contribution is -0.141. The Morgan fingerprint density at radius 1 is 1.10 bits per heavy atom. The zero-order valence-electron chi connectivity index (χ0n) is 9.13. The molecule has 20 heavy (non-hydrogen) atoms. The van der Waals surface area contributed by atoms with Crippen molar-refractivity contribution in [2.45, 2.75) is 12.4 Å². The van der Waals surface area contributed by atoms with E-state index in [1.54, 1.807) is 0 Å². The van der Waals surface area contributed by atoms with Crippen molar-refractivity contribution in [2.24, 2.45) is 0 Å². The lowest BCUT2D eigenvalue weighted by Crippen LogP contribution is -2.19. The number of hydrogen-bond donors (Lipinski definition) is 1. The van der Waals surface area contributed by atoms with Crippen LogP contribution in [0.2, 0.25) is 0 Å². The van der Waals surface area contributed by atoms with Crippen molar-refractivity contribution in [2.75, 3.05) is 0 Å². The molecule has 0 unspecified atom stereocenters. The predicted octanol–water partition coefficient (Wildman–Crippen LogP) is 2.93. The Bertz CT molecular complexity index is 686. The number of aromatic amines is 1. The minimum atomic E-state index is -4.84. The SMILES string of the molecule is O=c1nc(-c2cnc(C(F)(F)F)s2)cc(C(F)(F)F)[nH]1. The van der Waals surface area contributed by atoms with Crippen molar-refractivity contribution in [3.63, 3.8) is 0 Å². The molecule has 0 bridgehead atoms. The number of H-pyrrole nitrogens is 1. The van der Waals surface area contributed by atoms with Gasteiger partial charge in [0.25, 0.3) is 0 Å². The number of nitrogens with zero attached hydrogens (tertiary/aromatic N) is 2. The standard InChI is InChI=1S/C9H3F6N3OS/c10-8(11,12)5-1-3(17-7(19)18-5)4-2-16-6(20-4)9(13,14)15/h1-2H,(H,17,18,19). The summed E-state index contributed by atoms with van der Waals surface area (Å²) in [4.78, 5) is 18.5. The van der Waals surface area contributed by atoms with Crippen LogP contribution >= 0.6 is 11.3 Å². The molecule has 0 saturated heterocycles. The fourth-order valence-electron chi connectivity index (χ4n) is 1.26. The van der Waals surface area contributed by atoms with Crippen LogP contribution in [0.1, 0.15) is 10.7 Å². The minimum Gasteiger partial charge on any atom is -0.302 e. The Balaban J connectivity index is 2.51. The summed E-state index contributed by atoms with van der Waals surface area (Å²) in [5, 5.41) is -1.23. The summed E-state index contributed by atoms with van der Waals surface area (Å²) in [7, 11) is 0. The number of thiazole rings is 1. The second-order valence-corrected chi connectivity index (χ2v) is 4.54. The van der Waals surface area contributed by atoms with Crippen LogP contribution in [0.4, 0.5) is 26.3 Å². The first-order chi connectivity index (χ1) is 9.07. The van der Waals surface area contributed by atoms with Crippen LogP contribution in [0.25, 0.3) is 10.6 Å². The van der Waals surface area contributed by atoms with Gasteiger partial charge in [0, 0.05) is 6.20 Å². The first-order valence-corrected chi connectivity index (χ1v) is 5.61. The van der Waals surface area contributed by atoms with Crippen LogP contribution < -0.4 is 5.69 Å². The van der Waals surface area contributed by atoms with E-state index in [0.717, 1.165) is 6.20 Å². The Hall–Kier alpha value is -1.91. The van der Waals surface area contributed by atoms with Crippen molar-refractivity contribution in [1.82, 2.24) is 15.0 Å². The van der Waals surface area contributed by atoms with Gasteiger partial charge in [-0.1, -0.05) is 0 Å². The highest BCUT2D eigenvalue weighted by Crippen LogP contribution is 2.36. The van der Waals surface area contributed by atoms with Gasteiger partial charge in [-0.05, 0) is 6.07 Å². The van der Waals surface area contributed by atoms with Gasteiger partial charge in [-0.25, -0.2) is 9.78 Å². The molecule has 0 atom stereocenters. The van der Waals surface area contributed by atoms with Gasteiger partial charge in [-0.15, -0.1) is 11.3 Å². The molecule has 1 N–H and O–H groups in total. The molecule has 0 radical (unpaired) electrons. The topological polar surface area (TPSA) is 58.6 Å². The van der Waals surface area contributed by atoms with Crippen molar-refractivity contribution in [3.05, 3.63) is 33.4 Å². The summed E-state index contributed by atoms with van der Waals surface area (Å²) >= 11 is 0.102. The van der Waals surface area contributed by atoms with Crippen molar-refractivity contribution in [3.8, 4) is 10.6 Å². The number of aromatic nitrogens is 3. The summed E-state index contributed by atoms with van der Waals surface area (Å²) in [6, 6.07) is 0.453. The monoisotopic (exact) mass is 315 g/mol. The van der Waals surface area contributed by atoms with E-state index in [-0.39, 0.29) is 16.2 Å². The zero-order valence-corrected chi connectivity index (χ0v) is 9.95. The average molecular weight is 315 g/mol. The van der Waals surface area contributed by atoms with E-state index in [9.17, 15) is 31.1 Å². The first-order valence-electron chi connectivity index (χ1n) is 4.79. The molecule has 0 saturated carbocycles. The smallest absolute Gasteiger partial charge is 0.302 e. The summed E-state index contributed by atoms with van der Waals surface area (Å²) in [6.45, 7) is 0. The Morgan fingerprint density at radius 2 is 1.75 bits per heavy atom. The van der Waals surface area contributed by atoms with Crippen molar-refractivity contribution >= 4 is 11.3 Å². The van der Waals surface area contributed by atoms with Crippen molar-refractivity contribution in [1.29, 1.82) is 0 Å². The molecule has 0 aliphatic heterocycles. The fraction of sp³-hybridized carbons (Fsp3) is 0.222. The first kappa shape index (κ1) is 14.5. The van der Waals surface area contributed by atoms with Crippen molar-refractivity contribution < 1.29 is 26.3 Å². The molecule has 2 aromatic heterocycles. The van der Waals surface area contributed by atoms with Crippen LogP contribution in [0.15, 0.2) is 17.1 Å². The van der Waals surface area contributed by atoms with Crippen LogP contribution in [0.5, 0.6) is 0 Å². The summed E-state index contributed by atoms with van der Waals surface area (Å²) < 4.78 is 74.4. The van der Waals surface area contributed by atoms with E-state index < -0.39 is 34.4 Å². The molecule has 0 aliphatic carbocycles. The lowest BCUT2D eigenvalue weighted by atomic mass is 10.3. The quantitative estimate of drug-likeness (QED) is 0.823. The molecule has 0 aromatic carbocycles. The van der Waals surface area contributed by atoms with E-state index in [4.69, 9.17) is 0 Å². The molecule has 4 nitrogen and oxygen atoms in total. The van der Waals surface area contributed by atoms with Crippen LogP contribution in [-0.4, -0.2) is 15.0 Å². The third-order valence-corrected chi connectivity index (χ3v) is 3.12. The Morgan fingerprint density at radius 3 is 2.25 bits per heavy atom. The van der Waals surface area contributed by atoms with E-state index in [0.29, 0.717) is 6.07 Å². The van der Waals surface area contributed by atoms with Gasteiger partial charge in [0.15, 0.2) is 5.01 Å². The van der Waals surface area contributed by atoms with Crippen LogP contribution in [-0.2, 0) is 12.4 Å². The van der Waals surface area contributed by atoms with Crippen LogP contribution in [0, 0.1) is 0 Å². The van der Waals surface area contributed by atoms with Gasteiger partial charge in [0.05, 0.1) is 10.6 Å². The van der Waals surface area contributed by atoms with E-state index in [1.807, 2.05) is 0 Å². The number of nitrogens with one attached hydrogen (secondary N) is 1. The molecule has 2 rings (SSSR count). The molecular weight excluding hydrogens is 312 g/mol. The third-order valence-electron chi connectivity index (χ3n) is 2.05.